The van der Waals surface area contributed by atoms with Crippen LogP contribution in [0.25, 0.3) is 0 Å². The van der Waals surface area contributed by atoms with Crippen LogP contribution in [0.1, 0.15) is 39.0 Å². The second kappa shape index (κ2) is 4.15. The summed E-state index contributed by atoms with van der Waals surface area (Å²) in [7, 11) is 0. The Bertz CT molecular complexity index is 190. The Morgan fingerprint density at radius 2 is 2.07 bits per heavy atom. The molecule has 2 fully saturated rings. The van der Waals surface area contributed by atoms with Crippen LogP contribution in [0, 0.1) is 5.92 Å². The number of halogens is 1. The van der Waals surface area contributed by atoms with Crippen molar-refractivity contribution in [2.45, 2.75) is 51.0 Å². The molecule has 0 radical (unpaired) electrons. The van der Waals surface area contributed by atoms with Gasteiger partial charge in [0, 0.05) is 12.8 Å². The molecule has 1 aliphatic carbocycles. The van der Waals surface area contributed by atoms with Gasteiger partial charge in [-0.1, -0.05) is 13.3 Å². The van der Waals surface area contributed by atoms with Crippen molar-refractivity contribution in [2.75, 3.05) is 13.2 Å². The minimum atomic E-state index is -0.734. The average molecular weight is 202 g/mol. The molecule has 2 nitrogen and oxygen atoms in total. The topological polar surface area (TPSA) is 18.5 Å². The zero-order valence-corrected chi connectivity index (χ0v) is 8.80. The highest BCUT2D eigenvalue weighted by Crippen LogP contribution is 2.41. The summed E-state index contributed by atoms with van der Waals surface area (Å²) < 4.78 is 24.8. The van der Waals surface area contributed by atoms with Crippen LogP contribution in [-0.4, -0.2) is 25.2 Å². The summed E-state index contributed by atoms with van der Waals surface area (Å²) in [5, 5.41) is 0. The van der Waals surface area contributed by atoms with Crippen molar-refractivity contribution < 1.29 is 13.9 Å². The quantitative estimate of drug-likeness (QED) is 0.685. The van der Waals surface area contributed by atoms with Crippen LogP contribution in [0.2, 0.25) is 0 Å². The van der Waals surface area contributed by atoms with E-state index in [0.717, 1.165) is 25.7 Å². The maximum atomic E-state index is 13.8. The van der Waals surface area contributed by atoms with Gasteiger partial charge in [0.1, 0.15) is 6.17 Å². The van der Waals surface area contributed by atoms with E-state index in [4.69, 9.17) is 9.47 Å². The molecule has 1 unspecified atom stereocenters. The van der Waals surface area contributed by atoms with E-state index in [1.807, 2.05) is 0 Å². The average Bonchev–Trinajstić information content (AvgIpc) is 2.59. The summed E-state index contributed by atoms with van der Waals surface area (Å²) in [4.78, 5) is 0. The van der Waals surface area contributed by atoms with E-state index in [1.54, 1.807) is 0 Å². The first-order valence-corrected chi connectivity index (χ1v) is 5.68. The van der Waals surface area contributed by atoms with Crippen LogP contribution in [0.5, 0.6) is 0 Å². The van der Waals surface area contributed by atoms with E-state index in [0.29, 0.717) is 19.6 Å². The standard InChI is InChI=1S/C11H19FO2/c1-2-3-9-4-5-11(8-10(9)12)13-6-7-14-11/h9-10H,2-8H2,1H3/t9-,10?/m0/s1. The molecule has 1 saturated carbocycles. The van der Waals surface area contributed by atoms with Crippen molar-refractivity contribution in [3.05, 3.63) is 0 Å². The minimum absolute atomic E-state index is 0.235. The monoisotopic (exact) mass is 202 g/mol. The molecule has 0 amide bonds. The molecule has 14 heavy (non-hydrogen) atoms. The van der Waals surface area contributed by atoms with Crippen LogP contribution >= 0.6 is 0 Å². The lowest BCUT2D eigenvalue weighted by molar-refractivity contribution is -0.196. The Morgan fingerprint density at radius 3 is 2.64 bits per heavy atom. The zero-order chi connectivity index (χ0) is 10.0. The molecule has 0 aromatic carbocycles. The highest BCUT2D eigenvalue weighted by Gasteiger charge is 2.44. The SMILES string of the molecule is CCC[C@H]1CCC2(CC1F)OCCO2. The molecule has 1 saturated heterocycles. The van der Waals surface area contributed by atoms with Crippen LogP contribution < -0.4 is 0 Å². The van der Waals surface area contributed by atoms with Crippen LogP contribution in [-0.2, 0) is 9.47 Å². The summed E-state index contributed by atoms with van der Waals surface area (Å²) >= 11 is 0. The molecular formula is C11H19FO2. The van der Waals surface area contributed by atoms with Gasteiger partial charge in [-0.2, -0.15) is 0 Å². The van der Waals surface area contributed by atoms with Gasteiger partial charge in [-0.25, -0.2) is 4.39 Å². The number of rotatable bonds is 2. The highest BCUT2D eigenvalue weighted by molar-refractivity contribution is 4.87. The number of hydrogen-bond acceptors (Lipinski definition) is 2. The van der Waals surface area contributed by atoms with Gasteiger partial charge in [-0.15, -0.1) is 0 Å². The highest BCUT2D eigenvalue weighted by atomic mass is 19.1. The van der Waals surface area contributed by atoms with Gasteiger partial charge in [0.2, 0.25) is 0 Å². The molecule has 1 spiro atoms. The van der Waals surface area contributed by atoms with Crippen LogP contribution in [0.4, 0.5) is 4.39 Å². The first-order valence-electron chi connectivity index (χ1n) is 5.68. The summed E-state index contributed by atoms with van der Waals surface area (Å²) in [6, 6.07) is 0. The van der Waals surface area contributed by atoms with E-state index in [9.17, 15) is 4.39 Å². The summed E-state index contributed by atoms with van der Waals surface area (Å²) in [6.07, 6.45) is 3.56. The Hall–Kier alpha value is -0.150. The van der Waals surface area contributed by atoms with Gasteiger partial charge >= 0.3 is 0 Å². The maximum absolute atomic E-state index is 13.8. The number of alkyl halides is 1. The maximum Gasteiger partial charge on any atom is 0.171 e. The van der Waals surface area contributed by atoms with Crippen molar-refractivity contribution in [1.82, 2.24) is 0 Å². The first kappa shape index (κ1) is 10.4. The number of ether oxygens (including phenoxy) is 2. The Balaban J connectivity index is 1.91. The molecule has 0 aromatic rings. The summed E-state index contributed by atoms with van der Waals surface area (Å²) in [6.45, 7) is 3.37. The van der Waals surface area contributed by atoms with E-state index >= 15 is 0 Å². The third kappa shape index (κ3) is 1.94. The predicted octanol–water partition coefficient (Wildman–Crippen LogP) is 2.67. The van der Waals surface area contributed by atoms with Crippen molar-refractivity contribution in [3.8, 4) is 0 Å². The fourth-order valence-electron chi connectivity index (χ4n) is 2.61. The van der Waals surface area contributed by atoms with E-state index in [2.05, 4.69) is 6.92 Å². The van der Waals surface area contributed by atoms with Crippen LogP contribution in [0.3, 0.4) is 0 Å². The second-order valence-electron chi connectivity index (χ2n) is 4.42. The fraction of sp³-hybridized carbons (Fsp3) is 1.00. The predicted molar refractivity (Wildman–Crippen MR) is 51.8 cm³/mol. The fourth-order valence-corrected chi connectivity index (χ4v) is 2.61. The lowest BCUT2D eigenvalue weighted by Crippen LogP contribution is -2.41. The van der Waals surface area contributed by atoms with Gasteiger partial charge in [-0.05, 0) is 18.8 Å². The molecule has 3 heteroatoms. The summed E-state index contributed by atoms with van der Waals surface area (Å²) in [5.74, 6) is -0.317. The molecule has 1 aliphatic heterocycles. The molecule has 2 atom stereocenters. The van der Waals surface area contributed by atoms with Gasteiger partial charge in [0.25, 0.3) is 0 Å². The molecule has 0 aromatic heterocycles. The minimum Gasteiger partial charge on any atom is -0.347 e. The molecule has 2 rings (SSSR count). The van der Waals surface area contributed by atoms with Gasteiger partial charge in [0.15, 0.2) is 5.79 Å². The molecule has 2 aliphatic rings. The molecular weight excluding hydrogens is 183 g/mol. The normalized spacial score (nSPS) is 36.4. The van der Waals surface area contributed by atoms with Gasteiger partial charge in [-0.3, -0.25) is 0 Å². The van der Waals surface area contributed by atoms with Crippen LogP contribution in [0.15, 0.2) is 0 Å². The van der Waals surface area contributed by atoms with Gasteiger partial charge in [0.05, 0.1) is 13.2 Å². The lowest BCUT2D eigenvalue weighted by atomic mass is 9.81. The first-order chi connectivity index (χ1) is 6.76. The Kier molecular flexibility index (Phi) is 3.07. The third-order valence-corrected chi connectivity index (χ3v) is 3.39. The van der Waals surface area contributed by atoms with E-state index < -0.39 is 12.0 Å². The third-order valence-electron chi connectivity index (χ3n) is 3.39. The molecule has 82 valence electrons. The van der Waals surface area contributed by atoms with Crippen molar-refractivity contribution >= 4 is 0 Å². The van der Waals surface area contributed by atoms with Gasteiger partial charge < -0.3 is 9.47 Å². The van der Waals surface area contributed by atoms with E-state index in [1.165, 1.54) is 0 Å². The molecule has 0 bridgehead atoms. The second-order valence-corrected chi connectivity index (χ2v) is 4.42. The van der Waals surface area contributed by atoms with Crippen molar-refractivity contribution in [3.63, 3.8) is 0 Å². The smallest absolute Gasteiger partial charge is 0.171 e. The number of hydrogen-bond donors (Lipinski definition) is 0. The summed E-state index contributed by atoms with van der Waals surface area (Å²) in [5.41, 5.74) is 0. The molecule has 0 N–H and O–H groups in total. The largest absolute Gasteiger partial charge is 0.347 e. The lowest BCUT2D eigenvalue weighted by Gasteiger charge is -2.37. The molecule has 1 heterocycles. The van der Waals surface area contributed by atoms with Crippen molar-refractivity contribution in [2.24, 2.45) is 5.92 Å². The Morgan fingerprint density at radius 1 is 1.36 bits per heavy atom. The Labute approximate surface area is 84.8 Å². The zero-order valence-electron chi connectivity index (χ0n) is 8.80. The van der Waals surface area contributed by atoms with Crippen molar-refractivity contribution in [1.29, 1.82) is 0 Å². The van der Waals surface area contributed by atoms with E-state index in [-0.39, 0.29) is 5.92 Å².